The van der Waals surface area contributed by atoms with Gasteiger partial charge in [0.15, 0.2) is 11.6 Å². The standard InChI is InChI=1S/C19H22ClFN4O3/c1-24(11-14-2-7-27-23-14)12-15-9-19(18(26)28-15)3-5-25(6-4-19)17-16(21)8-13(20)10-22-17/h2,7-8,10,15H,3-6,9,11-12H2,1H3. The molecule has 1 unspecified atom stereocenters. The molecule has 0 amide bonds. The van der Waals surface area contributed by atoms with Gasteiger partial charge in [-0.15, -0.1) is 0 Å². The van der Waals surface area contributed by atoms with Gasteiger partial charge in [0.25, 0.3) is 0 Å². The first-order chi connectivity index (χ1) is 13.4. The van der Waals surface area contributed by atoms with Crippen LogP contribution in [-0.2, 0) is 16.1 Å². The number of hydrogen-bond donors (Lipinski definition) is 0. The summed E-state index contributed by atoms with van der Waals surface area (Å²) in [6, 6.07) is 3.08. The summed E-state index contributed by atoms with van der Waals surface area (Å²) in [6.45, 7) is 2.38. The number of esters is 1. The molecular formula is C19H22ClFN4O3. The molecule has 9 heteroatoms. The van der Waals surface area contributed by atoms with Gasteiger partial charge in [-0.05, 0) is 26.0 Å². The number of pyridine rings is 1. The van der Waals surface area contributed by atoms with Crippen LogP contribution in [-0.4, -0.2) is 53.8 Å². The molecule has 2 aromatic heterocycles. The Hall–Kier alpha value is -2.19. The summed E-state index contributed by atoms with van der Waals surface area (Å²) in [5.74, 6) is -0.296. The smallest absolute Gasteiger partial charge is 0.312 e. The van der Waals surface area contributed by atoms with Crippen LogP contribution in [0.5, 0.6) is 0 Å². The molecule has 7 nitrogen and oxygen atoms in total. The van der Waals surface area contributed by atoms with Crippen molar-refractivity contribution in [2.45, 2.75) is 31.9 Å². The van der Waals surface area contributed by atoms with Gasteiger partial charge in [-0.2, -0.15) is 0 Å². The van der Waals surface area contributed by atoms with E-state index in [4.69, 9.17) is 20.9 Å². The SMILES string of the molecule is CN(Cc1ccon1)CC1CC2(CCN(c3ncc(Cl)cc3F)CC2)C(=O)O1. The van der Waals surface area contributed by atoms with E-state index >= 15 is 0 Å². The maximum absolute atomic E-state index is 14.1. The molecular weight excluding hydrogens is 387 g/mol. The van der Waals surface area contributed by atoms with E-state index in [-0.39, 0.29) is 22.9 Å². The number of carbonyl (C=O) groups is 1. The lowest BCUT2D eigenvalue weighted by Gasteiger charge is -2.37. The number of carbonyl (C=O) groups excluding carboxylic acids is 1. The highest BCUT2D eigenvalue weighted by atomic mass is 35.5. The molecule has 0 aliphatic carbocycles. The summed E-state index contributed by atoms with van der Waals surface area (Å²) in [5, 5.41) is 4.17. The summed E-state index contributed by atoms with van der Waals surface area (Å²) in [7, 11) is 1.96. The molecule has 1 atom stereocenters. The number of nitrogens with zero attached hydrogens (tertiary/aromatic N) is 4. The molecule has 2 saturated heterocycles. The van der Waals surface area contributed by atoms with Crippen molar-refractivity contribution in [2.75, 3.05) is 31.6 Å². The Kier molecular flexibility index (Phi) is 5.25. The van der Waals surface area contributed by atoms with Gasteiger partial charge in [-0.1, -0.05) is 16.8 Å². The Morgan fingerprint density at radius 2 is 2.21 bits per heavy atom. The van der Waals surface area contributed by atoms with Crippen LogP contribution in [0.2, 0.25) is 5.02 Å². The normalized spacial score (nSPS) is 21.5. The third-order valence-corrected chi connectivity index (χ3v) is 5.78. The fourth-order valence-electron chi connectivity index (χ4n) is 4.14. The summed E-state index contributed by atoms with van der Waals surface area (Å²) < 4.78 is 24.7. The number of likely N-dealkylation sites (N-methyl/N-ethyl adjacent to an activating group) is 1. The number of halogens is 2. The monoisotopic (exact) mass is 408 g/mol. The van der Waals surface area contributed by atoms with E-state index in [2.05, 4.69) is 15.0 Å². The van der Waals surface area contributed by atoms with Gasteiger partial charge in [0, 0.05) is 44.9 Å². The van der Waals surface area contributed by atoms with E-state index in [0.29, 0.717) is 45.4 Å². The summed E-state index contributed by atoms with van der Waals surface area (Å²) in [5.41, 5.74) is 0.353. The third kappa shape index (κ3) is 3.84. The zero-order valence-corrected chi connectivity index (χ0v) is 16.4. The average molecular weight is 409 g/mol. The van der Waals surface area contributed by atoms with E-state index in [9.17, 15) is 9.18 Å². The minimum Gasteiger partial charge on any atom is -0.461 e. The Labute approximate surface area is 167 Å². The zero-order chi connectivity index (χ0) is 19.7. The fourth-order valence-corrected chi connectivity index (χ4v) is 4.29. The second-order valence-electron chi connectivity index (χ2n) is 7.65. The van der Waals surface area contributed by atoms with Gasteiger partial charge in [-0.25, -0.2) is 9.37 Å². The molecule has 4 heterocycles. The minimum absolute atomic E-state index is 0.142. The molecule has 0 aromatic carbocycles. The van der Waals surface area contributed by atoms with Gasteiger partial charge < -0.3 is 14.2 Å². The molecule has 150 valence electrons. The Morgan fingerprint density at radius 1 is 1.43 bits per heavy atom. The number of ether oxygens (including phenoxy) is 1. The van der Waals surface area contributed by atoms with Crippen LogP contribution in [0.3, 0.4) is 0 Å². The van der Waals surface area contributed by atoms with Crippen LogP contribution >= 0.6 is 11.6 Å². The number of aromatic nitrogens is 2. The topological polar surface area (TPSA) is 71.7 Å². The van der Waals surface area contributed by atoms with E-state index < -0.39 is 11.2 Å². The molecule has 2 aliphatic rings. The van der Waals surface area contributed by atoms with Crippen LogP contribution in [0.25, 0.3) is 0 Å². The van der Waals surface area contributed by atoms with Crippen LogP contribution in [0.4, 0.5) is 10.2 Å². The van der Waals surface area contributed by atoms with E-state index in [1.165, 1.54) is 12.3 Å². The second kappa shape index (κ2) is 7.67. The third-order valence-electron chi connectivity index (χ3n) is 5.57. The first kappa shape index (κ1) is 19.1. The molecule has 1 spiro atoms. The maximum Gasteiger partial charge on any atom is 0.312 e. The molecule has 2 fully saturated rings. The van der Waals surface area contributed by atoms with Gasteiger partial charge >= 0.3 is 5.97 Å². The average Bonchev–Trinajstić information content (AvgIpc) is 3.25. The van der Waals surface area contributed by atoms with Crippen LogP contribution in [0.15, 0.2) is 29.1 Å². The fraction of sp³-hybridized carbons (Fsp3) is 0.526. The van der Waals surface area contributed by atoms with Crippen LogP contribution in [0, 0.1) is 11.2 Å². The van der Waals surface area contributed by atoms with Crippen molar-refractivity contribution < 1.29 is 18.4 Å². The van der Waals surface area contributed by atoms with Gasteiger partial charge in [0.1, 0.15) is 12.4 Å². The number of piperidine rings is 1. The number of anilines is 1. The lowest BCUT2D eigenvalue weighted by Crippen LogP contribution is -2.43. The van der Waals surface area contributed by atoms with E-state index in [0.717, 1.165) is 5.69 Å². The maximum atomic E-state index is 14.1. The zero-order valence-electron chi connectivity index (χ0n) is 15.6. The predicted molar refractivity (Wildman–Crippen MR) is 100 cm³/mol. The van der Waals surface area contributed by atoms with Crippen LogP contribution < -0.4 is 4.90 Å². The molecule has 2 aliphatic heterocycles. The second-order valence-corrected chi connectivity index (χ2v) is 8.08. The van der Waals surface area contributed by atoms with Gasteiger partial charge in [0.05, 0.1) is 16.1 Å². The Balaban J connectivity index is 1.35. The molecule has 28 heavy (non-hydrogen) atoms. The predicted octanol–water partition coefficient (Wildman–Crippen LogP) is 2.90. The summed E-state index contributed by atoms with van der Waals surface area (Å²) in [4.78, 5) is 20.7. The van der Waals surface area contributed by atoms with Crippen molar-refractivity contribution >= 4 is 23.4 Å². The van der Waals surface area contributed by atoms with Crippen molar-refractivity contribution in [1.29, 1.82) is 0 Å². The van der Waals surface area contributed by atoms with Gasteiger partial charge in [-0.3, -0.25) is 9.69 Å². The van der Waals surface area contributed by atoms with Crippen molar-refractivity contribution in [3.8, 4) is 0 Å². The molecule has 4 rings (SSSR count). The highest BCUT2D eigenvalue weighted by Crippen LogP contribution is 2.44. The van der Waals surface area contributed by atoms with Crippen LogP contribution in [0.1, 0.15) is 25.0 Å². The molecule has 0 bridgehead atoms. The largest absolute Gasteiger partial charge is 0.461 e. The summed E-state index contributed by atoms with van der Waals surface area (Å²) in [6.07, 6.45) is 4.76. The number of hydrogen-bond acceptors (Lipinski definition) is 7. The lowest BCUT2D eigenvalue weighted by atomic mass is 9.76. The van der Waals surface area contributed by atoms with E-state index in [1.807, 2.05) is 18.0 Å². The Bertz CT molecular complexity index is 840. The number of rotatable bonds is 5. The minimum atomic E-state index is -0.487. The van der Waals surface area contributed by atoms with Crippen molar-refractivity contribution in [3.05, 3.63) is 41.1 Å². The molecule has 0 radical (unpaired) electrons. The number of cyclic esters (lactones) is 1. The van der Waals surface area contributed by atoms with Gasteiger partial charge in [0.2, 0.25) is 0 Å². The lowest BCUT2D eigenvalue weighted by molar-refractivity contribution is -0.150. The quantitative estimate of drug-likeness (QED) is 0.704. The van der Waals surface area contributed by atoms with Crippen molar-refractivity contribution in [1.82, 2.24) is 15.0 Å². The highest BCUT2D eigenvalue weighted by Gasteiger charge is 2.50. The van der Waals surface area contributed by atoms with Crippen molar-refractivity contribution in [3.63, 3.8) is 0 Å². The van der Waals surface area contributed by atoms with Crippen molar-refractivity contribution in [2.24, 2.45) is 5.41 Å². The molecule has 0 saturated carbocycles. The highest BCUT2D eigenvalue weighted by molar-refractivity contribution is 6.30. The first-order valence-corrected chi connectivity index (χ1v) is 9.68. The first-order valence-electron chi connectivity index (χ1n) is 9.30. The molecule has 0 N–H and O–H groups in total. The molecule has 2 aromatic rings. The summed E-state index contributed by atoms with van der Waals surface area (Å²) >= 11 is 5.78. The van der Waals surface area contributed by atoms with E-state index in [1.54, 1.807) is 6.26 Å². The Morgan fingerprint density at radius 3 is 2.89 bits per heavy atom.